The molecule has 1 amide bonds. The Morgan fingerprint density at radius 2 is 1.85 bits per heavy atom. The summed E-state index contributed by atoms with van der Waals surface area (Å²) in [4.78, 5) is 22.5. The first kappa shape index (κ1) is 14.5. The van der Waals surface area contributed by atoms with Gasteiger partial charge >= 0.3 is 5.97 Å². The van der Waals surface area contributed by atoms with E-state index in [2.05, 4.69) is 5.32 Å². The van der Waals surface area contributed by atoms with Crippen LogP contribution in [0.15, 0.2) is 24.3 Å². The van der Waals surface area contributed by atoms with Crippen LogP contribution < -0.4 is 5.32 Å². The van der Waals surface area contributed by atoms with E-state index in [1.165, 1.54) is 12.1 Å². The fourth-order valence-electron chi connectivity index (χ4n) is 2.22. The molecule has 1 heterocycles. The molecule has 0 atom stereocenters. The van der Waals surface area contributed by atoms with Gasteiger partial charge in [-0.3, -0.25) is 4.79 Å². The predicted octanol–water partition coefficient (Wildman–Crippen LogP) is 1.47. The Morgan fingerprint density at radius 1 is 1.20 bits per heavy atom. The van der Waals surface area contributed by atoms with Gasteiger partial charge < -0.3 is 15.2 Å². The molecular formula is C15H19NO4. The Morgan fingerprint density at radius 3 is 2.45 bits per heavy atom. The van der Waals surface area contributed by atoms with Crippen molar-refractivity contribution < 1.29 is 19.4 Å². The average molecular weight is 277 g/mol. The van der Waals surface area contributed by atoms with Gasteiger partial charge in [0.15, 0.2) is 0 Å². The summed E-state index contributed by atoms with van der Waals surface area (Å²) >= 11 is 0. The number of amides is 1. The number of carbonyl (C=O) groups excluding carboxylic acids is 1. The van der Waals surface area contributed by atoms with Gasteiger partial charge in [-0.15, -0.1) is 0 Å². The fourth-order valence-corrected chi connectivity index (χ4v) is 2.22. The summed E-state index contributed by atoms with van der Waals surface area (Å²) in [5.41, 5.74) is 1.05. The van der Waals surface area contributed by atoms with Gasteiger partial charge in [-0.05, 0) is 36.5 Å². The summed E-state index contributed by atoms with van der Waals surface area (Å²) in [5, 5.41) is 11.7. The highest BCUT2D eigenvalue weighted by Crippen LogP contribution is 2.13. The molecule has 1 saturated heterocycles. The molecule has 0 radical (unpaired) electrons. The molecule has 1 aromatic rings. The number of carboxylic acids is 1. The zero-order chi connectivity index (χ0) is 14.4. The van der Waals surface area contributed by atoms with Crippen LogP contribution in [0.4, 0.5) is 0 Å². The lowest BCUT2D eigenvalue weighted by Gasteiger charge is -2.22. The van der Waals surface area contributed by atoms with E-state index in [1.807, 2.05) is 0 Å². The van der Waals surface area contributed by atoms with Crippen molar-refractivity contribution in [2.45, 2.75) is 19.3 Å². The van der Waals surface area contributed by atoms with Crippen LogP contribution in [0, 0.1) is 5.92 Å². The van der Waals surface area contributed by atoms with Crippen molar-refractivity contribution in [2.75, 3.05) is 19.8 Å². The number of nitrogens with one attached hydrogen (secondary N) is 1. The van der Waals surface area contributed by atoms with E-state index in [-0.39, 0.29) is 17.9 Å². The molecule has 1 fully saturated rings. The molecule has 0 aliphatic carbocycles. The van der Waals surface area contributed by atoms with Crippen LogP contribution in [-0.4, -0.2) is 36.7 Å². The van der Waals surface area contributed by atoms with E-state index in [0.29, 0.717) is 12.5 Å². The normalized spacial score (nSPS) is 15.8. The van der Waals surface area contributed by atoms with Gasteiger partial charge in [-0.1, -0.05) is 12.1 Å². The Balaban J connectivity index is 1.77. The molecule has 108 valence electrons. The first-order valence-corrected chi connectivity index (χ1v) is 6.82. The minimum atomic E-state index is -0.958. The quantitative estimate of drug-likeness (QED) is 0.854. The van der Waals surface area contributed by atoms with E-state index in [0.717, 1.165) is 31.6 Å². The number of hydrogen-bond donors (Lipinski definition) is 2. The maximum atomic E-state index is 11.8. The second kappa shape index (κ2) is 7.05. The molecule has 20 heavy (non-hydrogen) atoms. The SMILES string of the molecule is O=C(Cc1ccc(C(=O)O)cc1)NCC1CCOCC1. The van der Waals surface area contributed by atoms with Gasteiger partial charge in [0.25, 0.3) is 0 Å². The smallest absolute Gasteiger partial charge is 0.335 e. The van der Waals surface area contributed by atoms with Crippen LogP contribution in [0.25, 0.3) is 0 Å². The molecule has 0 aromatic heterocycles. The first-order chi connectivity index (χ1) is 9.65. The van der Waals surface area contributed by atoms with Gasteiger partial charge in [-0.2, -0.15) is 0 Å². The number of carboxylic acid groups (broad SMARTS) is 1. The monoisotopic (exact) mass is 277 g/mol. The highest BCUT2D eigenvalue weighted by atomic mass is 16.5. The lowest BCUT2D eigenvalue weighted by molar-refractivity contribution is -0.120. The van der Waals surface area contributed by atoms with E-state index in [1.54, 1.807) is 12.1 Å². The van der Waals surface area contributed by atoms with Crippen LogP contribution in [-0.2, 0) is 16.0 Å². The molecule has 0 spiro atoms. The molecule has 0 saturated carbocycles. The van der Waals surface area contributed by atoms with Crippen LogP contribution in [0.2, 0.25) is 0 Å². The maximum absolute atomic E-state index is 11.8. The molecule has 2 N–H and O–H groups in total. The third-order valence-electron chi connectivity index (χ3n) is 3.49. The topological polar surface area (TPSA) is 75.6 Å². The summed E-state index contributed by atoms with van der Waals surface area (Å²) in [5.74, 6) is -0.484. The van der Waals surface area contributed by atoms with Crippen molar-refractivity contribution in [3.8, 4) is 0 Å². The second-order valence-corrected chi connectivity index (χ2v) is 5.04. The standard InChI is InChI=1S/C15H19NO4/c17-14(16-10-12-5-7-20-8-6-12)9-11-1-3-13(4-2-11)15(18)19/h1-4,12H,5-10H2,(H,16,17)(H,18,19). The molecule has 1 aliphatic rings. The van der Waals surface area contributed by atoms with Crippen LogP contribution >= 0.6 is 0 Å². The molecular weight excluding hydrogens is 258 g/mol. The van der Waals surface area contributed by atoms with Crippen molar-refractivity contribution >= 4 is 11.9 Å². The number of carbonyl (C=O) groups is 2. The summed E-state index contributed by atoms with van der Waals surface area (Å²) in [7, 11) is 0. The van der Waals surface area contributed by atoms with Gasteiger partial charge in [0.2, 0.25) is 5.91 Å². The lowest BCUT2D eigenvalue weighted by atomic mass is 10.0. The van der Waals surface area contributed by atoms with E-state index in [4.69, 9.17) is 9.84 Å². The van der Waals surface area contributed by atoms with Crippen molar-refractivity contribution in [3.63, 3.8) is 0 Å². The van der Waals surface area contributed by atoms with E-state index in [9.17, 15) is 9.59 Å². The maximum Gasteiger partial charge on any atom is 0.335 e. The Labute approximate surface area is 117 Å². The number of benzene rings is 1. The predicted molar refractivity (Wildman–Crippen MR) is 73.7 cm³/mol. The third-order valence-corrected chi connectivity index (χ3v) is 3.49. The second-order valence-electron chi connectivity index (χ2n) is 5.04. The van der Waals surface area contributed by atoms with E-state index < -0.39 is 5.97 Å². The van der Waals surface area contributed by atoms with Gasteiger partial charge in [0.1, 0.15) is 0 Å². The zero-order valence-corrected chi connectivity index (χ0v) is 11.3. The van der Waals surface area contributed by atoms with Crippen molar-refractivity contribution in [1.82, 2.24) is 5.32 Å². The van der Waals surface area contributed by atoms with Gasteiger partial charge in [0.05, 0.1) is 12.0 Å². The minimum Gasteiger partial charge on any atom is -0.478 e. The van der Waals surface area contributed by atoms with E-state index >= 15 is 0 Å². The Hall–Kier alpha value is -1.88. The zero-order valence-electron chi connectivity index (χ0n) is 11.3. The van der Waals surface area contributed by atoms with Crippen LogP contribution in [0.3, 0.4) is 0 Å². The molecule has 5 heteroatoms. The van der Waals surface area contributed by atoms with Crippen molar-refractivity contribution in [3.05, 3.63) is 35.4 Å². The van der Waals surface area contributed by atoms with Crippen molar-refractivity contribution in [2.24, 2.45) is 5.92 Å². The number of rotatable bonds is 5. The van der Waals surface area contributed by atoms with Crippen LogP contribution in [0.1, 0.15) is 28.8 Å². The number of aromatic carboxylic acids is 1. The fraction of sp³-hybridized carbons (Fsp3) is 0.467. The van der Waals surface area contributed by atoms with Crippen LogP contribution in [0.5, 0.6) is 0 Å². The Bertz CT molecular complexity index is 463. The molecule has 2 rings (SSSR count). The first-order valence-electron chi connectivity index (χ1n) is 6.82. The Kier molecular flexibility index (Phi) is 5.12. The average Bonchev–Trinajstić information content (AvgIpc) is 2.47. The number of ether oxygens (including phenoxy) is 1. The summed E-state index contributed by atoms with van der Waals surface area (Å²) in [6.07, 6.45) is 2.27. The molecule has 1 aromatic carbocycles. The molecule has 0 unspecified atom stereocenters. The highest BCUT2D eigenvalue weighted by Gasteiger charge is 2.14. The summed E-state index contributed by atoms with van der Waals surface area (Å²) < 4.78 is 5.27. The van der Waals surface area contributed by atoms with Crippen molar-refractivity contribution in [1.29, 1.82) is 0 Å². The minimum absolute atomic E-state index is 0.0282. The van der Waals surface area contributed by atoms with Gasteiger partial charge in [0, 0.05) is 19.8 Å². The third kappa shape index (κ3) is 4.35. The molecule has 5 nitrogen and oxygen atoms in total. The number of hydrogen-bond acceptors (Lipinski definition) is 3. The largest absolute Gasteiger partial charge is 0.478 e. The molecule has 0 bridgehead atoms. The highest BCUT2D eigenvalue weighted by molar-refractivity contribution is 5.87. The lowest BCUT2D eigenvalue weighted by Crippen LogP contribution is -2.33. The van der Waals surface area contributed by atoms with Gasteiger partial charge in [-0.25, -0.2) is 4.79 Å². The summed E-state index contributed by atoms with van der Waals surface area (Å²) in [6, 6.07) is 6.39. The molecule has 1 aliphatic heterocycles. The summed E-state index contributed by atoms with van der Waals surface area (Å²) in [6.45, 7) is 2.24.